The quantitative estimate of drug-likeness (QED) is 0.924. The summed E-state index contributed by atoms with van der Waals surface area (Å²) in [5.74, 6) is 0.867. The number of ether oxygens (including phenoxy) is 1. The third kappa shape index (κ3) is 3.31. The highest BCUT2D eigenvalue weighted by Gasteiger charge is 2.07. The number of benzene rings is 1. The highest BCUT2D eigenvalue weighted by atomic mass is 79.9. The van der Waals surface area contributed by atoms with Gasteiger partial charge in [-0.15, -0.1) is 0 Å². The first-order chi connectivity index (χ1) is 8.81. The molecule has 4 heteroatoms. The van der Waals surface area contributed by atoms with Crippen molar-refractivity contribution in [2.24, 2.45) is 5.73 Å². The Morgan fingerprint density at radius 1 is 1.22 bits per heavy atom. The average Bonchev–Trinajstić information content (AvgIpc) is 2.40. The van der Waals surface area contributed by atoms with Crippen LogP contribution in [0.4, 0.5) is 0 Å². The lowest BCUT2D eigenvalue weighted by Crippen LogP contribution is -2.06. The van der Waals surface area contributed by atoms with Crippen LogP contribution in [0, 0.1) is 0 Å². The number of para-hydroxylation sites is 1. The summed E-state index contributed by atoms with van der Waals surface area (Å²) in [7, 11) is 0. The number of pyridine rings is 1. The molecule has 94 valence electrons. The molecule has 3 nitrogen and oxygen atoms in total. The lowest BCUT2D eigenvalue weighted by Gasteiger charge is -2.12. The van der Waals surface area contributed by atoms with Gasteiger partial charge in [0.05, 0.1) is 4.47 Å². The largest absolute Gasteiger partial charge is 0.487 e. The molecule has 0 spiro atoms. The Hall–Kier alpha value is -1.39. The van der Waals surface area contributed by atoms with E-state index in [9.17, 15) is 0 Å². The molecule has 1 aromatic heterocycles. The van der Waals surface area contributed by atoms with Crippen molar-refractivity contribution in [1.29, 1.82) is 0 Å². The van der Waals surface area contributed by atoms with E-state index in [2.05, 4.69) is 20.9 Å². The van der Waals surface area contributed by atoms with Crippen molar-refractivity contribution in [2.75, 3.05) is 6.54 Å². The molecule has 0 aliphatic heterocycles. The lowest BCUT2D eigenvalue weighted by atomic mass is 10.1. The molecule has 0 saturated carbocycles. The van der Waals surface area contributed by atoms with Gasteiger partial charge in [0.1, 0.15) is 12.4 Å². The molecule has 2 rings (SSSR count). The summed E-state index contributed by atoms with van der Waals surface area (Å²) >= 11 is 3.51. The van der Waals surface area contributed by atoms with Crippen LogP contribution >= 0.6 is 15.9 Å². The van der Waals surface area contributed by atoms with Crippen molar-refractivity contribution in [3.8, 4) is 5.75 Å². The molecule has 2 aromatic rings. The van der Waals surface area contributed by atoms with Crippen LogP contribution in [0.25, 0.3) is 0 Å². The van der Waals surface area contributed by atoms with E-state index < -0.39 is 0 Å². The summed E-state index contributed by atoms with van der Waals surface area (Å²) < 4.78 is 6.82. The Balaban J connectivity index is 2.13. The van der Waals surface area contributed by atoms with Crippen LogP contribution in [0.1, 0.15) is 11.1 Å². The summed E-state index contributed by atoms with van der Waals surface area (Å²) in [5, 5.41) is 0. The van der Waals surface area contributed by atoms with E-state index in [4.69, 9.17) is 10.5 Å². The Labute approximate surface area is 115 Å². The summed E-state index contributed by atoms with van der Waals surface area (Å²) in [5.41, 5.74) is 7.78. The van der Waals surface area contributed by atoms with Crippen molar-refractivity contribution in [2.45, 2.75) is 13.0 Å². The van der Waals surface area contributed by atoms with Crippen molar-refractivity contribution in [3.63, 3.8) is 0 Å². The van der Waals surface area contributed by atoms with Crippen LogP contribution in [-0.4, -0.2) is 11.5 Å². The van der Waals surface area contributed by atoms with Crippen LogP contribution < -0.4 is 10.5 Å². The van der Waals surface area contributed by atoms with Gasteiger partial charge >= 0.3 is 0 Å². The fraction of sp³-hybridized carbons (Fsp3) is 0.214. The fourth-order valence-electron chi connectivity index (χ4n) is 1.71. The molecule has 0 unspecified atom stereocenters. The third-order valence-electron chi connectivity index (χ3n) is 2.57. The van der Waals surface area contributed by atoms with E-state index >= 15 is 0 Å². The second kappa shape index (κ2) is 6.52. The zero-order valence-electron chi connectivity index (χ0n) is 9.97. The van der Waals surface area contributed by atoms with Crippen molar-refractivity contribution in [1.82, 2.24) is 4.98 Å². The minimum atomic E-state index is 0.508. The Bertz CT molecular complexity index is 502. The number of hydrogen-bond donors (Lipinski definition) is 1. The molecule has 0 atom stereocenters. The molecule has 0 aliphatic rings. The SMILES string of the molecule is NCCc1cccc(Br)c1OCc1cccnc1. The Morgan fingerprint density at radius 2 is 2.11 bits per heavy atom. The van der Waals surface area contributed by atoms with Gasteiger partial charge in [0.2, 0.25) is 0 Å². The van der Waals surface area contributed by atoms with Gasteiger partial charge in [-0.05, 0) is 46.6 Å². The van der Waals surface area contributed by atoms with Crippen LogP contribution in [0.2, 0.25) is 0 Å². The van der Waals surface area contributed by atoms with E-state index in [1.807, 2.05) is 30.3 Å². The van der Waals surface area contributed by atoms with Crippen LogP contribution in [-0.2, 0) is 13.0 Å². The fourth-order valence-corrected chi connectivity index (χ4v) is 2.23. The third-order valence-corrected chi connectivity index (χ3v) is 3.19. The molecule has 0 bridgehead atoms. The first-order valence-corrected chi connectivity index (χ1v) is 6.59. The van der Waals surface area contributed by atoms with E-state index in [0.717, 1.165) is 27.8 Å². The monoisotopic (exact) mass is 306 g/mol. The smallest absolute Gasteiger partial charge is 0.137 e. The van der Waals surface area contributed by atoms with Gasteiger partial charge in [-0.25, -0.2) is 0 Å². The van der Waals surface area contributed by atoms with Crippen LogP contribution in [0.5, 0.6) is 5.75 Å². The molecule has 1 heterocycles. The molecule has 0 fully saturated rings. The number of halogens is 1. The van der Waals surface area contributed by atoms with Gasteiger partial charge in [-0.1, -0.05) is 18.2 Å². The molecule has 0 amide bonds. The molecule has 0 aliphatic carbocycles. The van der Waals surface area contributed by atoms with Gasteiger partial charge < -0.3 is 10.5 Å². The Morgan fingerprint density at radius 3 is 2.83 bits per heavy atom. The van der Waals surface area contributed by atoms with Crippen molar-refractivity contribution >= 4 is 15.9 Å². The van der Waals surface area contributed by atoms with Crippen molar-refractivity contribution in [3.05, 3.63) is 58.3 Å². The minimum absolute atomic E-state index is 0.508. The topological polar surface area (TPSA) is 48.1 Å². The predicted molar refractivity (Wildman–Crippen MR) is 75.5 cm³/mol. The second-order valence-electron chi connectivity index (χ2n) is 3.92. The van der Waals surface area contributed by atoms with E-state index in [0.29, 0.717) is 13.2 Å². The molecule has 1 aromatic carbocycles. The second-order valence-corrected chi connectivity index (χ2v) is 4.77. The van der Waals surface area contributed by atoms with Gasteiger partial charge in [0.25, 0.3) is 0 Å². The van der Waals surface area contributed by atoms with E-state index in [-0.39, 0.29) is 0 Å². The molecule has 0 saturated heterocycles. The van der Waals surface area contributed by atoms with Gasteiger partial charge in [0, 0.05) is 18.0 Å². The number of hydrogen-bond acceptors (Lipinski definition) is 3. The minimum Gasteiger partial charge on any atom is -0.487 e. The van der Waals surface area contributed by atoms with E-state index in [1.54, 1.807) is 12.4 Å². The maximum absolute atomic E-state index is 5.86. The van der Waals surface area contributed by atoms with Gasteiger partial charge in [0.15, 0.2) is 0 Å². The van der Waals surface area contributed by atoms with Crippen LogP contribution in [0.3, 0.4) is 0 Å². The average molecular weight is 307 g/mol. The summed E-state index contributed by atoms with van der Waals surface area (Å²) in [6.45, 7) is 1.12. The summed E-state index contributed by atoms with van der Waals surface area (Å²) in [6, 6.07) is 9.90. The maximum atomic E-state index is 5.86. The standard InChI is InChI=1S/C14H15BrN2O/c15-13-5-1-4-12(6-7-16)14(13)18-10-11-3-2-8-17-9-11/h1-5,8-9H,6-7,10,16H2. The van der Waals surface area contributed by atoms with Gasteiger partial charge in [-0.2, -0.15) is 0 Å². The Kier molecular flexibility index (Phi) is 4.73. The lowest BCUT2D eigenvalue weighted by molar-refractivity contribution is 0.300. The highest BCUT2D eigenvalue weighted by molar-refractivity contribution is 9.10. The normalized spacial score (nSPS) is 10.3. The number of nitrogens with two attached hydrogens (primary N) is 1. The molecule has 18 heavy (non-hydrogen) atoms. The molecule has 2 N–H and O–H groups in total. The number of nitrogens with zero attached hydrogens (tertiary/aromatic N) is 1. The number of rotatable bonds is 5. The first-order valence-electron chi connectivity index (χ1n) is 5.80. The van der Waals surface area contributed by atoms with E-state index in [1.165, 1.54) is 0 Å². The maximum Gasteiger partial charge on any atom is 0.137 e. The molecule has 0 radical (unpaired) electrons. The zero-order valence-corrected chi connectivity index (χ0v) is 11.6. The highest BCUT2D eigenvalue weighted by Crippen LogP contribution is 2.30. The van der Waals surface area contributed by atoms with Crippen molar-refractivity contribution < 1.29 is 4.74 Å². The predicted octanol–water partition coefficient (Wildman–Crippen LogP) is 2.92. The number of aromatic nitrogens is 1. The first kappa shape index (κ1) is 13.1. The van der Waals surface area contributed by atoms with Gasteiger partial charge in [-0.3, -0.25) is 4.98 Å². The van der Waals surface area contributed by atoms with Crippen LogP contribution in [0.15, 0.2) is 47.2 Å². The summed E-state index contributed by atoms with van der Waals surface area (Å²) in [4.78, 5) is 4.07. The molecular formula is C14H15BrN2O. The zero-order chi connectivity index (χ0) is 12.8. The molecular weight excluding hydrogens is 292 g/mol. The summed E-state index contributed by atoms with van der Waals surface area (Å²) in [6.07, 6.45) is 4.36.